The predicted octanol–water partition coefficient (Wildman–Crippen LogP) is 1.90. The van der Waals surface area contributed by atoms with Crippen LogP contribution in [-0.4, -0.2) is 55.5 Å². The molecule has 0 aliphatic heterocycles. The summed E-state index contributed by atoms with van der Waals surface area (Å²) in [5.41, 5.74) is 0. The minimum Gasteiger partial charge on any atom is -0.357 e. The van der Waals surface area contributed by atoms with E-state index >= 15 is 0 Å². The number of aryl methyl sites for hydroxylation is 1. The third kappa shape index (κ3) is 9.09. The standard InChI is InChI=1S/C15H27N5OS.HI/c1-5-12-11-19-13(22-12)7-9-17-15(16-6-2)18-10-8-14(21)20(3)4;/h11H,5-10H2,1-4H3,(H2,16,17,18);1H. The summed E-state index contributed by atoms with van der Waals surface area (Å²) in [4.78, 5) is 23.4. The van der Waals surface area contributed by atoms with Crippen molar-refractivity contribution in [1.82, 2.24) is 20.5 Å². The van der Waals surface area contributed by atoms with Crippen LogP contribution in [-0.2, 0) is 17.6 Å². The molecule has 2 N–H and O–H groups in total. The molecule has 0 aromatic carbocycles. The van der Waals surface area contributed by atoms with Gasteiger partial charge < -0.3 is 15.5 Å². The normalized spacial score (nSPS) is 10.9. The summed E-state index contributed by atoms with van der Waals surface area (Å²) in [7, 11) is 3.53. The molecule has 0 bridgehead atoms. The van der Waals surface area contributed by atoms with E-state index in [4.69, 9.17) is 0 Å². The van der Waals surface area contributed by atoms with Gasteiger partial charge in [0.1, 0.15) is 0 Å². The molecule has 1 amide bonds. The number of nitrogens with zero attached hydrogens (tertiary/aromatic N) is 3. The fourth-order valence-electron chi connectivity index (χ4n) is 1.74. The summed E-state index contributed by atoms with van der Waals surface area (Å²) in [6.07, 6.45) is 4.28. The van der Waals surface area contributed by atoms with Crippen molar-refractivity contribution < 1.29 is 4.79 Å². The van der Waals surface area contributed by atoms with Crippen LogP contribution in [0.3, 0.4) is 0 Å². The minimum absolute atomic E-state index is 0. The molecule has 0 aliphatic rings. The molecule has 1 rings (SSSR count). The molecule has 1 heterocycles. The molecule has 0 atom stereocenters. The highest BCUT2D eigenvalue weighted by Crippen LogP contribution is 2.13. The zero-order chi connectivity index (χ0) is 16.4. The number of guanidine groups is 1. The average molecular weight is 453 g/mol. The third-order valence-corrected chi connectivity index (χ3v) is 4.22. The van der Waals surface area contributed by atoms with Crippen LogP contribution in [0.1, 0.15) is 30.2 Å². The maximum atomic E-state index is 11.5. The lowest BCUT2D eigenvalue weighted by Crippen LogP contribution is -2.39. The van der Waals surface area contributed by atoms with Crippen LogP contribution in [0.15, 0.2) is 11.2 Å². The van der Waals surface area contributed by atoms with Crippen LogP contribution in [0, 0.1) is 0 Å². The Kier molecular flexibility index (Phi) is 12.0. The zero-order valence-electron chi connectivity index (χ0n) is 14.4. The van der Waals surface area contributed by atoms with E-state index in [1.54, 1.807) is 30.3 Å². The molecule has 0 saturated heterocycles. The molecule has 0 saturated carbocycles. The number of nitrogens with one attached hydrogen (secondary N) is 2. The van der Waals surface area contributed by atoms with E-state index in [-0.39, 0.29) is 29.9 Å². The monoisotopic (exact) mass is 453 g/mol. The van der Waals surface area contributed by atoms with Crippen LogP contribution in [0.25, 0.3) is 0 Å². The second kappa shape index (κ2) is 12.5. The van der Waals surface area contributed by atoms with Crippen molar-refractivity contribution >= 4 is 47.2 Å². The highest BCUT2D eigenvalue weighted by molar-refractivity contribution is 14.0. The summed E-state index contributed by atoms with van der Waals surface area (Å²) < 4.78 is 0. The Hall–Kier alpha value is -0.900. The Labute approximate surface area is 160 Å². The van der Waals surface area contributed by atoms with Crippen LogP contribution >= 0.6 is 35.3 Å². The number of thiazole rings is 1. The molecule has 23 heavy (non-hydrogen) atoms. The maximum Gasteiger partial charge on any atom is 0.223 e. The molecule has 0 spiro atoms. The average Bonchev–Trinajstić information content (AvgIpc) is 2.95. The molecule has 0 fully saturated rings. The Morgan fingerprint density at radius 3 is 2.65 bits per heavy atom. The van der Waals surface area contributed by atoms with Crippen molar-refractivity contribution in [1.29, 1.82) is 0 Å². The van der Waals surface area contributed by atoms with Gasteiger partial charge in [-0.15, -0.1) is 35.3 Å². The summed E-state index contributed by atoms with van der Waals surface area (Å²) in [6, 6.07) is 0. The van der Waals surface area contributed by atoms with Gasteiger partial charge in [-0.05, 0) is 13.3 Å². The first-order valence-electron chi connectivity index (χ1n) is 7.72. The Morgan fingerprint density at radius 1 is 1.35 bits per heavy atom. The number of hydrogen-bond acceptors (Lipinski definition) is 4. The molecule has 6 nitrogen and oxygen atoms in total. The number of aliphatic imine (C=N–C) groups is 1. The van der Waals surface area contributed by atoms with Gasteiger partial charge in [0, 0.05) is 57.6 Å². The minimum atomic E-state index is 0. The first-order chi connectivity index (χ1) is 10.6. The third-order valence-electron chi connectivity index (χ3n) is 3.02. The lowest BCUT2D eigenvalue weighted by Gasteiger charge is -2.13. The van der Waals surface area contributed by atoms with E-state index in [0.29, 0.717) is 19.5 Å². The van der Waals surface area contributed by atoms with E-state index in [0.717, 1.165) is 30.4 Å². The van der Waals surface area contributed by atoms with Crippen LogP contribution in [0.2, 0.25) is 0 Å². The second-order valence-corrected chi connectivity index (χ2v) is 6.25. The van der Waals surface area contributed by atoms with Gasteiger partial charge in [-0.25, -0.2) is 4.98 Å². The number of carbonyl (C=O) groups excluding carboxylic acids is 1. The van der Waals surface area contributed by atoms with Gasteiger partial charge in [0.2, 0.25) is 5.91 Å². The Morgan fingerprint density at radius 2 is 2.09 bits per heavy atom. The van der Waals surface area contributed by atoms with Crippen molar-refractivity contribution in [2.24, 2.45) is 4.99 Å². The predicted molar refractivity (Wildman–Crippen MR) is 108 cm³/mol. The molecule has 0 unspecified atom stereocenters. The summed E-state index contributed by atoms with van der Waals surface area (Å²) >= 11 is 1.75. The number of rotatable bonds is 8. The number of aromatic nitrogens is 1. The van der Waals surface area contributed by atoms with E-state index in [9.17, 15) is 4.79 Å². The summed E-state index contributed by atoms with van der Waals surface area (Å²) in [6.45, 7) is 6.23. The number of amides is 1. The Balaban J connectivity index is 0.00000484. The topological polar surface area (TPSA) is 69.6 Å². The molecule has 8 heteroatoms. The molecule has 1 aromatic rings. The van der Waals surface area contributed by atoms with Gasteiger partial charge in [0.05, 0.1) is 5.01 Å². The van der Waals surface area contributed by atoms with Crippen molar-refractivity contribution in [2.75, 3.05) is 33.7 Å². The van der Waals surface area contributed by atoms with Crippen molar-refractivity contribution in [2.45, 2.75) is 33.1 Å². The number of carbonyl (C=O) groups is 1. The highest BCUT2D eigenvalue weighted by atomic mass is 127. The molecule has 0 radical (unpaired) electrons. The molecule has 132 valence electrons. The highest BCUT2D eigenvalue weighted by Gasteiger charge is 2.04. The van der Waals surface area contributed by atoms with Gasteiger partial charge >= 0.3 is 0 Å². The van der Waals surface area contributed by atoms with Crippen molar-refractivity contribution in [3.05, 3.63) is 16.1 Å². The Bertz CT molecular complexity index is 490. The van der Waals surface area contributed by atoms with E-state index < -0.39 is 0 Å². The van der Waals surface area contributed by atoms with E-state index in [1.807, 2.05) is 13.1 Å². The lowest BCUT2D eigenvalue weighted by atomic mass is 10.4. The van der Waals surface area contributed by atoms with Gasteiger partial charge in [0.25, 0.3) is 0 Å². The van der Waals surface area contributed by atoms with Crippen LogP contribution < -0.4 is 10.6 Å². The molecule has 1 aromatic heterocycles. The summed E-state index contributed by atoms with van der Waals surface area (Å²) in [5.74, 6) is 0.861. The fourth-order valence-corrected chi connectivity index (χ4v) is 2.59. The van der Waals surface area contributed by atoms with Gasteiger partial charge in [-0.1, -0.05) is 6.92 Å². The zero-order valence-corrected chi connectivity index (χ0v) is 17.5. The largest absolute Gasteiger partial charge is 0.357 e. The van der Waals surface area contributed by atoms with Gasteiger partial charge in [-0.2, -0.15) is 0 Å². The maximum absolute atomic E-state index is 11.5. The first kappa shape index (κ1) is 22.1. The SMILES string of the molecule is CCNC(=NCCc1ncc(CC)s1)NCCC(=O)N(C)C.I. The first-order valence-corrected chi connectivity index (χ1v) is 8.54. The van der Waals surface area contributed by atoms with E-state index in [1.165, 1.54) is 4.88 Å². The molecular weight excluding hydrogens is 425 g/mol. The van der Waals surface area contributed by atoms with Crippen molar-refractivity contribution in [3.63, 3.8) is 0 Å². The summed E-state index contributed by atoms with van der Waals surface area (Å²) in [5, 5.41) is 7.49. The number of hydrogen-bond donors (Lipinski definition) is 2. The van der Waals surface area contributed by atoms with Crippen molar-refractivity contribution in [3.8, 4) is 0 Å². The smallest absolute Gasteiger partial charge is 0.223 e. The fraction of sp³-hybridized carbons (Fsp3) is 0.667. The van der Waals surface area contributed by atoms with Crippen LogP contribution in [0.4, 0.5) is 0 Å². The molecule has 0 aliphatic carbocycles. The second-order valence-electron chi connectivity index (χ2n) is 5.05. The molecular formula is C15H28IN5OS. The van der Waals surface area contributed by atoms with E-state index in [2.05, 4.69) is 27.5 Å². The van der Waals surface area contributed by atoms with Gasteiger partial charge in [0.15, 0.2) is 5.96 Å². The number of halogens is 1. The quantitative estimate of drug-likeness (QED) is 0.359. The lowest BCUT2D eigenvalue weighted by molar-refractivity contribution is -0.128. The van der Waals surface area contributed by atoms with Crippen LogP contribution in [0.5, 0.6) is 0 Å². The van der Waals surface area contributed by atoms with Gasteiger partial charge in [-0.3, -0.25) is 9.79 Å².